The highest BCUT2D eigenvalue weighted by Crippen LogP contribution is 2.36. The van der Waals surface area contributed by atoms with Crippen molar-refractivity contribution >= 4 is 18.7 Å². The molecule has 3 heteroatoms. The first kappa shape index (κ1) is 23.5. The number of aliphatic hydroxyl groups is 1. The average Bonchev–Trinajstić information content (AvgIpc) is 2.79. The van der Waals surface area contributed by atoms with Gasteiger partial charge in [-0.2, -0.15) is 0 Å². The third-order valence-corrected chi connectivity index (χ3v) is 11.2. The summed E-state index contributed by atoms with van der Waals surface area (Å²) in [6.07, 6.45) is 4.29. The minimum atomic E-state index is -2.42. The molecular weight excluding hydrogens is 396 g/mol. The van der Waals surface area contributed by atoms with Gasteiger partial charge in [0.05, 0.1) is 6.61 Å². The molecule has 2 nitrogen and oxygen atoms in total. The molecule has 0 saturated carbocycles. The second-order valence-electron chi connectivity index (χ2n) is 9.25. The molecule has 0 atom stereocenters. The Balaban J connectivity index is 1.70. The maximum atomic E-state index is 9.53. The van der Waals surface area contributed by atoms with Crippen molar-refractivity contribution in [1.29, 1.82) is 0 Å². The number of aryl methyl sites for hydroxylation is 1. The number of hydrogen-bond acceptors (Lipinski definition) is 2. The van der Waals surface area contributed by atoms with Gasteiger partial charge in [-0.1, -0.05) is 112 Å². The summed E-state index contributed by atoms with van der Waals surface area (Å²) in [7, 11) is -2.42. The van der Waals surface area contributed by atoms with Crippen LogP contribution in [-0.4, -0.2) is 20.0 Å². The van der Waals surface area contributed by atoms with E-state index < -0.39 is 8.32 Å². The monoisotopic (exact) mass is 432 g/mol. The van der Waals surface area contributed by atoms with Gasteiger partial charge in [-0.3, -0.25) is 0 Å². The number of hydrogen-bond donors (Lipinski definition) is 1. The fourth-order valence-corrected chi connectivity index (χ4v) is 9.14. The maximum Gasteiger partial charge on any atom is 0.261 e. The summed E-state index contributed by atoms with van der Waals surface area (Å²) in [5, 5.41) is 12.2. The molecule has 0 saturated heterocycles. The van der Waals surface area contributed by atoms with Crippen molar-refractivity contribution < 1.29 is 9.53 Å². The van der Waals surface area contributed by atoms with E-state index in [1.54, 1.807) is 0 Å². The fraction of sp³-hybridized carbons (Fsp3) is 0.357. The molecule has 0 heterocycles. The first-order chi connectivity index (χ1) is 15.0. The number of benzene rings is 3. The molecule has 3 aromatic carbocycles. The zero-order valence-corrected chi connectivity index (χ0v) is 20.2. The molecule has 0 aromatic heterocycles. The summed E-state index contributed by atoms with van der Waals surface area (Å²) in [6.45, 7) is 7.86. The van der Waals surface area contributed by atoms with Crippen molar-refractivity contribution in [3.63, 3.8) is 0 Å². The Morgan fingerprint density at radius 3 is 1.71 bits per heavy atom. The van der Waals surface area contributed by atoms with E-state index in [1.165, 1.54) is 15.9 Å². The van der Waals surface area contributed by atoms with Gasteiger partial charge in [0.2, 0.25) is 0 Å². The highest BCUT2D eigenvalue weighted by atomic mass is 28.4. The Bertz CT molecular complexity index is 877. The molecule has 0 aliphatic rings. The van der Waals surface area contributed by atoms with E-state index in [0.717, 1.165) is 37.9 Å². The maximum absolute atomic E-state index is 9.53. The lowest BCUT2D eigenvalue weighted by Gasteiger charge is -2.43. The summed E-state index contributed by atoms with van der Waals surface area (Å²) >= 11 is 0. The van der Waals surface area contributed by atoms with Crippen molar-refractivity contribution in [2.75, 3.05) is 6.61 Å². The Labute approximate surface area is 189 Å². The van der Waals surface area contributed by atoms with Crippen LogP contribution in [0.5, 0.6) is 0 Å². The van der Waals surface area contributed by atoms with Crippen LogP contribution in [0.1, 0.15) is 51.2 Å². The quantitative estimate of drug-likeness (QED) is 0.340. The summed E-state index contributed by atoms with van der Waals surface area (Å²) in [4.78, 5) is 0. The molecule has 0 radical (unpaired) electrons. The first-order valence-corrected chi connectivity index (χ1v) is 13.3. The van der Waals surface area contributed by atoms with Gasteiger partial charge in [-0.25, -0.2) is 0 Å². The van der Waals surface area contributed by atoms with Crippen LogP contribution in [0.3, 0.4) is 0 Å². The zero-order chi connectivity index (χ0) is 22.2. The molecule has 0 fully saturated rings. The third kappa shape index (κ3) is 5.54. The summed E-state index contributed by atoms with van der Waals surface area (Å²) < 4.78 is 6.96. The van der Waals surface area contributed by atoms with Crippen molar-refractivity contribution in [3.8, 4) is 0 Å². The molecule has 0 aliphatic heterocycles. The van der Waals surface area contributed by atoms with E-state index in [9.17, 15) is 5.11 Å². The molecule has 0 amide bonds. The Hall–Kier alpha value is -2.20. The van der Waals surface area contributed by atoms with Crippen molar-refractivity contribution in [2.24, 2.45) is 0 Å². The van der Waals surface area contributed by atoms with E-state index in [4.69, 9.17) is 4.43 Å². The number of rotatable bonds is 10. The van der Waals surface area contributed by atoms with Crippen molar-refractivity contribution in [3.05, 3.63) is 96.1 Å². The van der Waals surface area contributed by atoms with E-state index in [0.29, 0.717) is 0 Å². The van der Waals surface area contributed by atoms with Gasteiger partial charge in [-0.15, -0.1) is 0 Å². The van der Waals surface area contributed by atoms with Gasteiger partial charge in [-0.05, 0) is 45.8 Å². The Kier molecular flexibility index (Phi) is 8.25. The second kappa shape index (κ2) is 10.9. The standard InChI is InChI=1S/C28H36O2Si/c1-28(2,3)31(26-18-8-4-9-19-26,27-20-10-5-11-21-27)30-22-14-6-7-15-24-16-12-13-17-25(24)23-29/h4-5,8-13,16-21,29H,6-7,14-15,22-23H2,1-3H3. The van der Waals surface area contributed by atoms with Crippen LogP contribution in [0.2, 0.25) is 5.04 Å². The van der Waals surface area contributed by atoms with Crippen molar-refractivity contribution in [2.45, 2.75) is 58.1 Å². The molecule has 31 heavy (non-hydrogen) atoms. The lowest BCUT2D eigenvalue weighted by molar-refractivity contribution is 0.279. The highest BCUT2D eigenvalue weighted by Gasteiger charge is 2.49. The van der Waals surface area contributed by atoms with Crippen LogP contribution in [0, 0.1) is 0 Å². The highest BCUT2D eigenvalue weighted by molar-refractivity contribution is 6.99. The number of unbranched alkanes of at least 4 members (excludes halogenated alkanes) is 2. The normalized spacial score (nSPS) is 12.1. The van der Waals surface area contributed by atoms with E-state index in [1.807, 2.05) is 12.1 Å². The molecule has 1 N–H and O–H groups in total. The third-order valence-electron chi connectivity index (χ3n) is 6.11. The van der Waals surface area contributed by atoms with Crippen LogP contribution >= 0.6 is 0 Å². The molecule has 164 valence electrons. The average molecular weight is 433 g/mol. The SMILES string of the molecule is CC(C)(C)[Si](OCCCCCc1ccccc1CO)(c1ccccc1)c1ccccc1. The predicted octanol–water partition coefficient (Wildman–Crippen LogP) is 5.47. The van der Waals surface area contributed by atoms with E-state index >= 15 is 0 Å². The largest absolute Gasteiger partial charge is 0.407 e. The van der Waals surface area contributed by atoms with Gasteiger partial charge in [0.25, 0.3) is 8.32 Å². The van der Waals surface area contributed by atoms with Crippen molar-refractivity contribution in [1.82, 2.24) is 0 Å². The molecule has 0 aliphatic carbocycles. The van der Waals surface area contributed by atoms with E-state index in [-0.39, 0.29) is 11.6 Å². The lowest BCUT2D eigenvalue weighted by atomic mass is 10.0. The molecule has 0 spiro atoms. The summed E-state index contributed by atoms with van der Waals surface area (Å²) in [6, 6.07) is 29.9. The van der Waals surface area contributed by atoms with Gasteiger partial charge in [0.15, 0.2) is 0 Å². The van der Waals surface area contributed by atoms with Crippen LogP contribution in [-0.2, 0) is 17.5 Å². The van der Waals surface area contributed by atoms with Gasteiger partial charge in [0.1, 0.15) is 0 Å². The Morgan fingerprint density at radius 1 is 0.677 bits per heavy atom. The topological polar surface area (TPSA) is 29.5 Å². The molecule has 3 aromatic rings. The predicted molar refractivity (Wildman–Crippen MR) is 133 cm³/mol. The lowest BCUT2D eigenvalue weighted by Crippen LogP contribution is -2.66. The fourth-order valence-electron chi connectivity index (χ4n) is 4.54. The minimum Gasteiger partial charge on any atom is -0.407 e. The minimum absolute atomic E-state index is 0.0236. The Morgan fingerprint density at radius 2 is 1.19 bits per heavy atom. The van der Waals surface area contributed by atoms with Gasteiger partial charge in [0, 0.05) is 6.61 Å². The summed E-state index contributed by atoms with van der Waals surface area (Å²) in [5.74, 6) is 0. The van der Waals surface area contributed by atoms with Crippen LogP contribution in [0.25, 0.3) is 0 Å². The smallest absolute Gasteiger partial charge is 0.261 e. The number of aliphatic hydroxyl groups excluding tert-OH is 1. The van der Waals surface area contributed by atoms with Gasteiger partial charge >= 0.3 is 0 Å². The zero-order valence-electron chi connectivity index (χ0n) is 19.2. The molecular formula is C28H36O2Si. The summed E-state index contributed by atoms with van der Waals surface area (Å²) in [5.41, 5.74) is 2.31. The van der Waals surface area contributed by atoms with E-state index in [2.05, 4.69) is 93.6 Å². The van der Waals surface area contributed by atoms with Crippen LogP contribution in [0.15, 0.2) is 84.9 Å². The van der Waals surface area contributed by atoms with Gasteiger partial charge < -0.3 is 9.53 Å². The molecule has 0 unspecified atom stereocenters. The molecule has 3 rings (SSSR count). The first-order valence-electron chi connectivity index (χ1n) is 11.4. The van der Waals surface area contributed by atoms with Crippen LogP contribution in [0.4, 0.5) is 0 Å². The second-order valence-corrected chi connectivity index (χ2v) is 13.6. The van der Waals surface area contributed by atoms with Crippen LogP contribution < -0.4 is 10.4 Å². The molecule has 0 bridgehead atoms.